The van der Waals surface area contributed by atoms with Gasteiger partial charge in [0, 0.05) is 18.3 Å². The molecule has 0 aliphatic carbocycles. The van der Waals surface area contributed by atoms with Gasteiger partial charge in [-0.2, -0.15) is 0 Å². The first-order valence-electron chi connectivity index (χ1n) is 7.93. The van der Waals surface area contributed by atoms with Crippen molar-refractivity contribution in [1.29, 1.82) is 0 Å². The van der Waals surface area contributed by atoms with Crippen LogP contribution < -0.4 is 20.1 Å². The van der Waals surface area contributed by atoms with Gasteiger partial charge in [0.15, 0.2) is 17.2 Å². The topological polar surface area (TPSA) is 72.5 Å². The second-order valence-electron chi connectivity index (χ2n) is 6.97. The lowest BCUT2D eigenvalue weighted by molar-refractivity contribution is 0.0929. The van der Waals surface area contributed by atoms with Crippen molar-refractivity contribution in [3.63, 3.8) is 0 Å². The van der Waals surface area contributed by atoms with Gasteiger partial charge in [0.2, 0.25) is 6.79 Å². The number of aromatic nitrogens is 1. The standard InChI is InChI=1S/C18H20FN3O3/c1-18(2,3)9-20-17(23)15-16-13(24-10-25-16)8-14(22-15)21-12-6-4-5-11(19)7-12/h4-8H,9-10H2,1-3H3,(H,20,23)(H,21,22). The molecule has 1 aromatic carbocycles. The predicted molar refractivity (Wildman–Crippen MR) is 91.8 cm³/mol. The Balaban J connectivity index is 1.87. The zero-order valence-corrected chi connectivity index (χ0v) is 14.4. The Morgan fingerprint density at radius 3 is 2.80 bits per heavy atom. The van der Waals surface area contributed by atoms with E-state index in [0.29, 0.717) is 29.5 Å². The van der Waals surface area contributed by atoms with Crippen LogP contribution in [0.3, 0.4) is 0 Å². The molecule has 1 amide bonds. The summed E-state index contributed by atoms with van der Waals surface area (Å²) in [5.41, 5.74) is 0.596. The average Bonchev–Trinajstić information content (AvgIpc) is 2.99. The maximum atomic E-state index is 13.3. The van der Waals surface area contributed by atoms with Gasteiger partial charge in [-0.1, -0.05) is 26.8 Å². The molecule has 3 rings (SSSR count). The Kier molecular flexibility index (Phi) is 4.48. The maximum Gasteiger partial charge on any atom is 0.274 e. The second kappa shape index (κ2) is 6.58. The summed E-state index contributed by atoms with van der Waals surface area (Å²) >= 11 is 0. The number of rotatable bonds is 4. The molecule has 2 N–H and O–H groups in total. The molecule has 1 aliphatic heterocycles. The molecule has 2 heterocycles. The number of amides is 1. The van der Waals surface area contributed by atoms with E-state index in [1.807, 2.05) is 20.8 Å². The Bertz CT molecular complexity index is 803. The van der Waals surface area contributed by atoms with Crippen LogP contribution in [0.25, 0.3) is 0 Å². The van der Waals surface area contributed by atoms with Crippen LogP contribution in [0, 0.1) is 11.2 Å². The van der Waals surface area contributed by atoms with Gasteiger partial charge in [-0.3, -0.25) is 4.79 Å². The summed E-state index contributed by atoms with van der Waals surface area (Å²) < 4.78 is 24.1. The first kappa shape index (κ1) is 17.0. The molecule has 0 unspecified atom stereocenters. The number of hydrogen-bond donors (Lipinski definition) is 2. The minimum atomic E-state index is -0.367. The number of carbonyl (C=O) groups excluding carboxylic acids is 1. The molecule has 0 saturated heterocycles. The van der Waals surface area contributed by atoms with E-state index in [-0.39, 0.29) is 29.6 Å². The highest BCUT2D eigenvalue weighted by Gasteiger charge is 2.26. The first-order valence-corrected chi connectivity index (χ1v) is 7.93. The van der Waals surface area contributed by atoms with Crippen molar-refractivity contribution in [2.75, 3.05) is 18.7 Å². The second-order valence-corrected chi connectivity index (χ2v) is 6.97. The van der Waals surface area contributed by atoms with Crippen molar-refractivity contribution < 1.29 is 18.7 Å². The summed E-state index contributed by atoms with van der Waals surface area (Å²) in [5, 5.41) is 5.82. The number of ether oxygens (including phenoxy) is 2. The lowest BCUT2D eigenvalue weighted by Crippen LogP contribution is -2.33. The summed E-state index contributed by atoms with van der Waals surface area (Å²) in [6.45, 7) is 6.58. The Morgan fingerprint density at radius 2 is 2.08 bits per heavy atom. The van der Waals surface area contributed by atoms with Crippen LogP contribution in [0.2, 0.25) is 0 Å². The van der Waals surface area contributed by atoms with Crippen molar-refractivity contribution in [2.24, 2.45) is 5.41 Å². The molecule has 2 aromatic rings. The number of nitrogens with zero attached hydrogens (tertiary/aromatic N) is 1. The fourth-order valence-corrected chi connectivity index (χ4v) is 2.27. The molecule has 7 heteroatoms. The lowest BCUT2D eigenvalue weighted by Gasteiger charge is -2.19. The van der Waals surface area contributed by atoms with Crippen LogP contribution in [0.5, 0.6) is 11.5 Å². The largest absolute Gasteiger partial charge is 0.453 e. The molecular formula is C18H20FN3O3. The monoisotopic (exact) mass is 345 g/mol. The number of benzene rings is 1. The van der Waals surface area contributed by atoms with Gasteiger partial charge in [-0.25, -0.2) is 9.37 Å². The number of anilines is 2. The first-order chi connectivity index (χ1) is 11.8. The number of pyridine rings is 1. The van der Waals surface area contributed by atoms with Crippen molar-refractivity contribution in [1.82, 2.24) is 10.3 Å². The van der Waals surface area contributed by atoms with Gasteiger partial charge in [0.25, 0.3) is 5.91 Å². The fraction of sp³-hybridized carbons (Fsp3) is 0.333. The van der Waals surface area contributed by atoms with Crippen molar-refractivity contribution in [3.8, 4) is 11.5 Å². The maximum absolute atomic E-state index is 13.3. The van der Waals surface area contributed by atoms with Crippen molar-refractivity contribution in [3.05, 3.63) is 41.8 Å². The smallest absolute Gasteiger partial charge is 0.274 e. The van der Waals surface area contributed by atoms with Crippen LogP contribution in [-0.4, -0.2) is 24.2 Å². The highest BCUT2D eigenvalue weighted by atomic mass is 19.1. The van der Waals surface area contributed by atoms with E-state index < -0.39 is 0 Å². The van der Waals surface area contributed by atoms with Gasteiger partial charge < -0.3 is 20.1 Å². The van der Waals surface area contributed by atoms with E-state index >= 15 is 0 Å². The minimum absolute atomic E-state index is 0.0278. The third-order valence-electron chi connectivity index (χ3n) is 3.45. The summed E-state index contributed by atoms with van der Waals surface area (Å²) in [6.07, 6.45) is 0. The van der Waals surface area contributed by atoms with Gasteiger partial charge in [0.05, 0.1) is 0 Å². The van der Waals surface area contributed by atoms with E-state index in [0.717, 1.165) is 0 Å². The number of hydrogen-bond acceptors (Lipinski definition) is 5. The van der Waals surface area contributed by atoms with E-state index in [2.05, 4.69) is 15.6 Å². The predicted octanol–water partition coefficient (Wildman–Crippen LogP) is 3.47. The molecule has 0 spiro atoms. The molecule has 1 aromatic heterocycles. The van der Waals surface area contributed by atoms with E-state index in [4.69, 9.17) is 9.47 Å². The minimum Gasteiger partial charge on any atom is -0.453 e. The molecule has 0 radical (unpaired) electrons. The molecular weight excluding hydrogens is 325 g/mol. The zero-order chi connectivity index (χ0) is 18.0. The van der Waals surface area contributed by atoms with Gasteiger partial charge in [-0.15, -0.1) is 0 Å². The van der Waals surface area contributed by atoms with E-state index in [1.165, 1.54) is 12.1 Å². The lowest BCUT2D eigenvalue weighted by atomic mass is 9.97. The average molecular weight is 345 g/mol. The van der Waals surface area contributed by atoms with Crippen LogP contribution >= 0.6 is 0 Å². The highest BCUT2D eigenvalue weighted by Crippen LogP contribution is 2.37. The van der Waals surface area contributed by atoms with Crippen molar-refractivity contribution in [2.45, 2.75) is 20.8 Å². The van der Waals surface area contributed by atoms with Crippen molar-refractivity contribution >= 4 is 17.4 Å². The zero-order valence-electron chi connectivity index (χ0n) is 14.4. The number of nitrogens with one attached hydrogen (secondary N) is 2. The van der Waals surface area contributed by atoms with Crippen LogP contribution in [-0.2, 0) is 0 Å². The summed E-state index contributed by atoms with van der Waals surface area (Å²) in [6, 6.07) is 7.60. The van der Waals surface area contributed by atoms with Crippen LogP contribution in [0.4, 0.5) is 15.9 Å². The molecule has 6 nitrogen and oxygen atoms in total. The third kappa shape index (κ3) is 4.17. The van der Waals surface area contributed by atoms with E-state index in [1.54, 1.807) is 18.2 Å². The molecule has 0 bridgehead atoms. The molecule has 0 saturated carbocycles. The Morgan fingerprint density at radius 1 is 1.28 bits per heavy atom. The quantitative estimate of drug-likeness (QED) is 0.888. The number of fused-ring (bicyclic) bond motifs is 1. The van der Waals surface area contributed by atoms with Crippen LogP contribution in [0.1, 0.15) is 31.3 Å². The molecule has 1 aliphatic rings. The summed E-state index contributed by atoms with van der Waals surface area (Å²) in [7, 11) is 0. The molecule has 25 heavy (non-hydrogen) atoms. The number of carbonyl (C=O) groups is 1. The normalized spacial score (nSPS) is 12.8. The fourth-order valence-electron chi connectivity index (χ4n) is 2.27. The molecule has 132 valence electrons. The summed E-state index contributed by atoms with van der Waals surface area (Å²) in [4.78, 5) is 16.8. The molecule has 0 fully saturated rings. The molecule has 0 atom stereocenters. The Labute approximate surface area is 145 Å². The highest BCUT2D eigenvalue weighted by molar-refractivity contribution is 5.96. The van der Waals surface area contributed by atoms with Gasteiger partial charge in [0.1, 0.15) is 11.6 Å². The third-order valence-corrected chi connectivity index (χ3v) is 3.45. The summed E-state index contributed by atoms with van der Waals surface area (Å²) in [5.74, 6) is 0.398. The number of halogens is 1. The van der Waals surface area contributed by atoms with Gasteiger partial charge in [-0.05, 0) is 23.6 Å². The SMILES string of the molecule is CC(C)(C)CNC(=O)c1nc(Nc2cccc(F)c2)cc2c1OCO2. The Hall–Kier alpha value is -2.83. The van der Waals surface area contributed by atoms with Crippen LogP contribution in [0.15, 0.2) is 30.3 Å². The van der Waals surface area contributed by atoms with Gasteiger partial charge >= 0.3 is 0 Å². The van der Waals surface area contributed by atoms with E-state index in [9.17, 15) is 9.18 Å².